The third-order valence-electron chi connectivity index (χ3n) is 6.14. The Balaban J connectivity index is 1.16. The molecular weight excluding hydrogens is 420 g/mol. The fourth-order valence-electron chi connectivity index (χ4n) is 4.47. The van der Waals surface area contributed by atoms with Gasteiger partial charge in [-0.2, -0.15) is 0 Å². The van der Waals surface area contributed by atoms with Crippen molar-refractivity contribution in [3.63, 3.8) is 0 Å². The van der Waals surface area contributed by atoms with Crippen LogP contribution in [0.15, 0.2) is 51.4 Å². The molecule has 3 aromatic heterocycles. The van der Waals surface area contributed by atoms with Gasteiger partial charge in [0.1, 0.15) is 24.0 Å². The summed E-state index contributed by atoms with van der Waals surface area (Å²) in [4.78, 5) is 6.61. The van der Waals surface area contributed by atoms with Gasteiger partial charge in [-0.1, -0.05) is 6.07 Å². The number of aliphatic hydroxyl groups excluding tert-OH is 1. The van der Waals surface area contributed by atoms with Crippen molar-refractivity contribution in [2.75, 3.05) is 26.2 Å². The van der Waals surface area contributed by atoms with E-state index in [1.165, 1.54) is 5.56 Å². The van der Waals surface area contributed by atoms with Crippen LogP contribution in [0.2, 0.25) is 0 Å². The number of aryl methyl sites for hydroxylation is 2. The second-order valence-electron chi connectivity index (χ2n) is 8.68. The molecule has 172 valence electrons. The molecule has 1 aliphatic heterocycles. The Morgan fingerprint density at radius 1 is 1.12 bits per heavy atom. The lowest BCUT2D eigenvalue weighted by Crippen LogP contribution is -2.40. The topological polar surface area (TPSA) is 97.7 Å². The number of pyridine rings is 1. The smallest absolute Gasteiger partial charge is 0.283 e. The molecule has 0 bridgehead atoms. The van der Waals surface area contributed by atoms with Crippen molar-refractivity contribution in [3.8, 4) is 17.4 Å². The summed E-state index contributed by atoms with van der Waals surface area (Å²) >= 11 is 0. The van der Waals surface area contributed by atoms with E-state index in [9.17, 15) is 5.11 Å². The average Bonchev–Trinajstić information content (AvgIpc) is 3.44. The first-order valence-corrected chi connectivity index (χ1v) is 11.3. The molecule has 1 atom stereocenters. The van der Waals surface area contributed by atoms with E-state index < -0.39 is 6.10 Å². The predicted octanol–water partition coefficient (Wildman–Crippen LogP) is 4.11. The van der Waals surface area contributed by atoms with E-state index in [0.717, 1.165) is 37.0 Å². The van der Waals surface area contributed by atoms with Crippen LogP contribution in [0.5, 0.6) is 5.75 Å². The van der Waals surface area contributed by atoms with E-state index in [0.29, 0.717) is 41.3 Å². The predicted molar refractivity (Wildman–Crippen MR) is 123 cm³/mol. The molecule has 0 radical (unpaired) electrons. The molecule has 8 heteroatoms. The Labute approximate surface area is 192 Å². The minimum absolute atomic E-state index is 0.211. The number of hydrogen-bond donors (Lipinski definition) is 1. The highest BCUT2D eigenvalue weighted by Crippen LogP contribution is 2.33. The number of rotatable bonds is 7. The Kier molecular flexibility index (Phi) is 6.11. The zero-order chi connectivity index (χ0) is 22.8. The number of ether oxygens (including phenoxy) is 1. The highest BCUT2D eigenvalue weighted by Gasteiger charge is 2.23. The molecule has 4 aromatic rings. The first-order chi connectivity index (χ1) is 16.0. The lowest BCUT2D eigenvalue weighted by Gasteiger charge is -2.33. The maximum absolute atomic E-state index is 10.6. The van der Waals surface area contributed by atoms with Gasteiger partial charge in [-0.15, -0.1) is 10.2 Å². The summed E-state index contributed by atoms with van der Waals surface area (Å²) in [5.41, 5.74) is 3.10. The summed E-state index contributed by atoms with van der Waals surface area (Å²) in [6.07, 6.45) is 3.49. The summed E-state index contributed by atoms with van der Waals surface area (Å²) in [6, 6.07) is 11.7. The van der Waals surface area contributed by atoms with Gasteiger partial charge in [-0.3, -0.25) is 4.98 Å². The molecule has 0 spiro atoms. The van der Waals surface area contributed by atoms with Crippen LogP contribution in [-0.4, -0.2) is 57.5 Å². The normalized spacial score (nSPS) is 16.3. The van der Waals surface area contributed by atoms with Crippen molar-refractivity contribution in [2.24, 2.45) is 0 Å². The minimum atomic E-state index is -0.579. The number of benzene rings is 1. The highest BCUT2D eigenvalue weighted by molar-refractivity contribution is 5.87. The number of fused-ring (bicyclic) bond motifs is 1. The first-order valence-electron chi connectivity index (χ1n) is 11.3. The molecule has 1 N–H and O–H groups in total. The van der Waals surface area contributed by atoms with Crippen molar-refractivity contribution in [1.82, 2.24) is 20.1 Å². The van der Waals surface area contributed by atoms with Crippen LogP contribution in [0.3, 0.4) is 0 Å². The molecule has 1 fully saturated rings. The number of aromatic nitrogens is 3. The highest BCUT2D eigenvalue weighted by atomic mass is 16.5. The third kappa shape index (κ3) is 4.91. The van der Waals surface area contributed by atoms with Crippen LogP contribution >= 0.6 is 0 Å². The van der Waals surface area contributed by atoms with Crippen LogP contribution in [0.25, 0.3) is 22.6 Å². The number of likely N-dealkylation sites (tertiary alicyclic amines) is 1. The zero-order valence-corrected chi connectivity index (χ0v) is 18.9. The molecule has 1 aliphatic rings. The number of aliphatic hydroxyl groups is 1. The van der Waals surface area contributed by atoms with Crippen LogP contribution < -0.4 is 4.74 Å². The fraction of sp³-hybridized carbons (Fsp3) is 0.400. The van der Waals surface area contributed by atoms with Gasteiger partial charge < -0.3 is 23.6 Å². The van der Waals surface area contributed by atoms with E-state index in [1.807, 2.05) is 37.4 Å². The molecule has 0 amide bonds. The lowest BCUT2D eigenvalue weighted by molar-refractivity contribution is 0.0599. The number of nitrogens with zero attached hydrogens (tertiary/aromatic N) is 4. The number of β-amino-alcohol motifs (C(OH)–C–C–N with tert-alkyl or cyclic N) is 1. The van der Waals surface area contributed by atoms with E-state index in [4.69, 9.17) is 13.6 Å². The molecular formula is C25H28N4O4. The van der Waals surface area contributed by atoms with Gasteiger partial charge >= 0.3 is 0 Å². The lowest BCUT2D eigenvalue weighted by atomic mass is 9.89. The maximum atomic E-state index is 10.6. The Hall–Kier alpha value is -3.23. The molecule has 1 aromatic carbocycles. The molecule has 0 unspecified atom stereocenters. The van der Waals surface area contributed by atoms with Crippen LogP contribution in [0, 0.1) is 13.8 Å². The van der Waals surface area contributed by atoms with Gasteiger partial charge in [-0.05, 0) is 68.6 Å². The molecule has 1 saturated heterocycles. The number of hydrogen-bond acceptors (Lipinski definition) is 8. The molecule has 4 heterocycles. The summed E-state index contributed by atoms with van der Waals surface area (Å²) < 4.78 is 17.3. The SMILES string of the molecule is Cc1cc(C2CCN(C[C@H](O)COc3cccc4oc(-c5nnc(C)o5)cc34)CC2)ccn1. The van der Waals surface area contributed by atoms with Crippen molar-refractivity contribution >= 4 is 11.0 Å². The number of piperidine rings is 1. The molecule has 0 saturated carbocycles. The molecule has 5 rings (SSSR count). The molecule has 8 nitrogen and oxygen atoms in total. The standard InChI is InChI=1S/C25H28N4O4/c1-16-12-19(6-9-26-16)18-7-10-29(11-8-18)14-20(30)15-31-22-4-3-5-23-21(22)13-24(33-23)25-28-27-17(2)32-25/h3-6,9,12-13,18,20,30H,7-8,10-11,14-15H2,1-2H3/t20-/m0/s1. The van der Waals surface area contributed by atoms with E-state index in [2.05, 4.69) is 32.2 Å². The minimum Gasteiger partial charge on any atom is -0.490 e. The van der Waals surface area contributed by atoms with Gasteiger partial charge in [0.15, 0.2) is 5.76 Å². The quantitative estimate of drug-likeness (QED) is 0.451. The van der Waals surface area contributed by atoms with E-state index in [-0.39, 0.29) is 6.61 Å². The van der Waals surface area contributed by atoms with Crippen LogP contribution in [-0.2, 0) is 0 Å². The van der Waals surface area contributed by atoms with Crippen molar-refractivity contribution in [1.29, 1.82) is 0 Å². The maximum Gasteiger partial charge on any atom is 0.283 e. The molecule has 0 aliphatic carbocycles. The second kappa shape index (κ2) is 9.33. The van der Waals surface area contributed by atoms with Gasteiger partial charge in [0.2, 0.25) is 5.89 Å². The summed E-state index contributed by atoms with van der Waals surface area (Å²) in [5, 5.41) is 19.3. The van der Waals surface area contributed by atoms with Crippen LogP contribution in [0.4, 0.5) is 0 Å². The van der Waals surface area contributed by atoms with Crippen LogP contribution in [0.1, 0.15) is 35.9 Å². The van der Waals surface area contributed by atoms with Gasteiger partial charge in [0.25, 0.3) is 5.89 Å². The largest absolute Gasteiger partial charge is 0.490 e. The second-order valence-corrected chi connectivity index (χ2v) is 8.68. The summed E-state index contributed by atoms with van der Waals surface area (Å²) in [5.74, 6) is 2.52. The monoisotopic (exact) mass is 448 g/mol. The van der Waals surface area contributed by atoms with Gasteiger partial charge in [0, 0.05) is 31.4 Å². The first kappa shape index (κ1) is 21.6. The van der Waals surface area contributed by atoms with E-state index >= 15 is 0 Å². The average molecular weight is 449 g/mol. The number of furan rings is 1. The Morgan fingerprint density at radius 3 is 2.73 bits per heavy atom. The summed E-state index contributed by atoms with van der Waals surface area (Å²) in [6.45, 7) is 6.50. The van der Waals surface area contributed by atoms with Crippen molar-refractivity contribution < 1.29 is 18.7 Å². The van der Waals surface area contributed by atoms with Crippen molar-refractivity contribution in [3.05, 3.63) is 59.7 Å². The molecule has 33 heavy (non-hydrogen) atoms. The Bertz CT molecular complexity index is 1230. The summed E-state index contributed by atoms with van der Waals surface area (Å²) in [7, 11) is 0. The Morgan fingerprint density at radius 2 is 1.97 bits per heavy atom. The van der Waals surface area contributed by atoms with E-state index in [1.54, 1.807) is 6.92 Å². The third-order valence-corrected chi connectivity index (χ3v) is 6.14. The fourth-order valence-corrected chi connectivity index (χ4v) is 4.47. The van der Waals surface area contributed by atoms with Gasteiger partial charge in [0.05, 0.1) is 5.39 Å². The van der Waals surface area contributed by atoms with Gasteiger partial charge in [-0.25, -0.2) is 0 Å². The van der Waals surface area contributed by atoms with Crippen molar-refractivity contribution in [2.45, 2.75) is 38.7 Å². The zero-order valence-electron chi connectivity index (χ0n) is 18.9.